The summed E-state index contributed by atoms with van der Waals surface area (Å²) in [4.78, 5) is 23.8. The van der Waals surface area contributed by atoms with E-state index in [4.69, 9.17) is 9.47 Å². The molecule has 0 bridgehead atoms. The first-order valence-corrected chi connectivity index (χ1v) is 9.44. The Bertz CT molecular complexity index is 1000. The predicted molar refractivity (Wildman–Crippen MR) is 112 cm³/mol. The molecular weight excluding hydrogens is 368 g/mol. The summed E-state index contributed by atoms with van der Waals surface area (Å²) in [5, 5.41) is 2.12. The maximum atomic E-state index is 11.9. The third kappa shape index (κ3) is 5.72. The van der Waals surface area contributed by atoms with Gasteiger partial charge in [0.05, 0.1) is 0 Å². The van der Waals surface area contributed by atoms with Gasteiger partial charge in [-0.15, -0.1) is 0 Å². The SMILES string of the molecule is CC(C)c1ccccc1OCC(=O)NNC(=O)COc1ccc2ccccc2c1. The zero-order valence-corrected chi connectivity index (χ0v) is 16.5. The van der Waals surface area contributed by atoms with Gasteiger partial charge in [0.25, 0.3) is 11.8 Å². The van der Waals surface area contributed by atoms with E-state index in [9.17, 15) is 9.59 Å². The number of benzene rings is 3. The van der Waals surface area contributed by atoms with Gasteiger partial charge in [0.2, 0.25) is 0 Å². The zero-order chi connectivity index (χ0) is 20.6. The van der Waals surface area contributed by atoms with Crippen molar-refractivity contribution < 1.29 is 19.1 Å². The van der Waals surface area contributed by atoms with Crippen LogP contribution in [0, 0.1) is 0 Å². The van der Waals surface area contributed by atoms with Crippen LogP contribution in [0.3, 0.4) is 0 Å². The lowest BCUT2D eigenvalue weighted by molar-refractivity contribution is -0.131. The van der Waals surface area contributed by atoms with Crippen molar-refractivity contribution in [3.8, 4) is 11.5 Å². The minimum Gasteiger partial charge on any atom is -0.484 e. The molecule has 0 radical (unpaired) electrons. The second-order valence-corrected chi connectivity index (χ2v) is 6.88. The summed E-state index contributed by atoms with van der Waals surface area (Å²) in [5.74, 6) is 0.598. The third-order valence-corrected chi connectivity index (χ3v) is 4.33. The number of nitrogens with one attached hydrogen (secondary N) is 2. The van der Waals surface area contributed by atoms with Crippen molar-refractivity contribution in [2.75, 3.05) is 13.2 Å². The van der Waals surface area contributed by atoms with Crippen LogP contribution in [0.15, 0.2) is 66.7 Å². The molecule has 3 aromatic carbocycles. The van der Waals surface area contributed by atoms with Gasteiger partial charge in [-0.1, -0.05) is 62.4 Å². The van der Waals surface area contributed by atoms with Crippen molar-refractivity contribution in [1.29, 1.82) is 0 Å². The molecule has 6 heteroatoms. The molecule has 0 aliphatic rings. The molecule has 6 nitrogen and oxygen atoms in total. The monoisotopic (exact) mass is 392 g/mol. The van der Waals surface area contributed by atoms with Gasteiger partial charge in [0.15, 0.2) is 13.2 Å². The van der Waals surface area contributed by atoms with Gasteiger partial charge in [-0.3, -0.25) is 20.4 Å². The molecule has 0 atom stereocenters. The standard InChI is InChI=1S/C23H24N2O4/c1-16(2)20-9-5-6-10-21(20)29-15-23(27)25-24-22(26)14-28-19-12-11-17-7-3-4-8-18(17)13-19/h3-13,16H,14-15H2,1-2H3,(H,24,26)(H,25,27). The molecule has 0 heterocycles. The first-order chi connectivity index (χ1) is 14.0. The quantitative estimate of drug-likeness (QED) is 0.603. The van der Waals surface area contributed by atoms with Crippen LogP contribution < -0.4 is 20.3 Å². The number of carbonyl (C=O) groups is 2. The van der Waals surface area contributed by atoms with E-state index in [-0.39, 0.29) is 19.1 Å². The van der Waals surface area contributed by atoms with Crippen molar-refractivity contribution >= 4 is 22.6 Å². The summed E-state index contributed by atoms with van der Waals surface area (Å²) < 4.78 is 11.1. The topological polar surface area (TPSA) is 76.7 Å². The van der Waals surface area contributed by atoms with Gasteiger partial charge in [-0.2, -0.15) is 0 Å². The van der Waals surface area contributed by atoms with Crippen molar-refractivity contribution in [2.24, 2.45) is 0 Å². The minimum atomic E-state index is -0.464. The number of fused-ring (bicyclic) bond motifs is 1. The van der Waals surface area contributed by atoms with Crippen LogP contribution in [0.25, 0.3) is 10.8 Å². The first-order valence-electron chi connectivity index (χ1n) is 9.44. The molecular formula is C23H24N2O4. The van der Waals surface area contributed by atoms with E-state index >= 15 is 0 Å². The molecule has 0 spiro atoms. The number of hydrogen-bond donors (Lipinski definition) is 2. The molecule has 0 aliphatic carbocycles. The largest absolute Gasteiger partial charge is 0.484 e. The lowest BCUT2D eigenvalue weighted by Gasteiger charge is -2.14. The number of hydrazine groups is 1. The average molecular weight is 392 g/mol. The van der Waals surface area contributed by atoms with E-state index in [0.717, 1.165) is 16.3 Å². The molecule has 150 valence electrons. The van der Waals surface area contributed by atoms with Crippen LogP contribution in [-0.4, -0.2) is 25.0 Å². The Kier molecular flexibility index (Phi) is 6.68. The number of rotatable bonds is 7. The Morgan fingerprint density at radius 2 is 1.41 bits per heavy atom. The highest BCUT2D eigenvalue weighted by Crippen LogP contribution is 2.25. The lowest BCUT2D eigenvalue weighted by atomic mass is 10.0. The summed E-state index contributed by atoms with van der Waals surface area (Å²) in [6, 6.07) is 21.0. The zero-order valence-electron chi connectivity index (χ0n) is 16.5. The summed E-state index contributed by atoms with van der Waals surface area (Å²) in [6.07, 6.45) is 0. The van der Waals surface area contributed by atoms with Crippen LogP contribution >= 0.6 is 0 Å². The first kappa shape index (κ1) is 20.2. The Labute approximate surface area is 169 Å². The number of hydrogen-bond acceptors (Lipinski definition) is 4. The smallest absolute Gasteiger partial charge is 0.276 e. The lowest BCUT2D eigenvalue weighted by Crippen LogP contribution is -2.45. The van der Waals surface area contributed by atoms with Crippen LogP contribution in [0.1, 0.15) is 25.3 Å². The minimum absolute atomic E-state index is 0.199. The predicted octanol–water partition coefficient (Wildman–Crippen LogP) is 3.57. The fourth-order valence-electron chi connectivity index (χ4n) is 2.85. The Morgan fingerprint density at radius 1 is 0.793 bits per heavy atom. The summed E-state index contributed by atoms with van der Waals surface area (Å²) >= 11 is 0. The molecule has 3 aromatic rings. The van der Waals surface area contributed by atoms with E-state index in [1.807, 2.05) is 60.7 Å². The van der Waals surface area contributed by atoms with Crippen LogP contribution in [-0.2, 0) is 9.59 Å². The van der Waals surface area contributed by atoms with Crippen LogP contribution in [0.5, 0.6) is 11.5 Å². The van der Waals surface area contributed by atoms with E-state index in [0.29, 0.717) is 11.5 Å². The summed E-state index contributed by atoms with van der Waals surface area (Å²) in [7, 11) is 0. The van der Waals surface area contributed by atoms with Crippen molar-refractivity contribution in [2.45, 2.75) is 19.8 Å². The second kappa shape index (κ2) is 9.59. The van der Waals surface area contributed by atoms with Gasteiger partial charge in [-0.05, 0) is 40.5 Å². The van der Waals surface area contributed by atoms with E-state index < -0.39 is 11.8 Å². The molecule has 0 saturated heterocycles. The molecule has 0 aliphatic heterocycles. The highest BCUT2D eigenvalue weighted by atomic mass is 16.5. The molecule has 0 unspecified atom stereocenters. The molecule has 0 aromatic heterocycles. The highest BCUT2D eigenvalue weighted by Gasteiger charge is 2.10. The number of carbonyl (C=O) groups excluding carboxylic acids is 2. The number of amides is 2. The average Bonchev–Trinajstić information content (AvgIpc) is 2.74. The van der Waals surface area contributed by atoms with E-state index in [1.54, 1.807) is 6.07 Å². The Balaban J connectivity index is 1.42. The normalized spacial score (nSPS) is 10.6. The second-order valence-electron chi connectivity index (χ2n) is 6.88. The highest BCUT2D eigenvalue weighted by molar-refractivity contribution is 5.85. The molecule has 29 heavy (non-hydrogen) atoms. The molecule has 2 N–H and O–H groups in total. The van der Waals surface area contributed by atoms with Gasteiger partial charge in [0.1, 0.15) is 11.5 Å². The van der Waals surface area contributed by atoms with E-state index in [2.05, 4.69) is 24.7 Å². The number of para-hydroxylation sites is 1. The molecule has 0 fully saturated rings. The van der Waals surface area contributed by atoms with Crippen molar-refractivity contribution in [3.63, 3.8) is 0 Å². The van der Waals surface area contributed by atoms with E-state index in [1.165, 1.54) is 0 Å². The fraction of sp³-hybridized carbons (Fsp3) is 0.217. The summed E-state index contributed by atoms with van der Waals surface area (Å²) in [6.45, 7) is 3.70. The molecule has 0 saturated carbocycles. The van der Waals surface area contributed by atoms with Gasteiger partial charge >= 0.3 is 0 Å². The Morgan fingerprint density at radius 3 is 2.14 bits per heavy atom. The third-order valence-electron chi connectivity index (χ3n) is 4.33. The Hall–Kier alpha value is -3.54. The van der Waals surface area contributed by atoms with Crippen LogP contribution in [0.2, 0.25) is 0 Å². The van der Waals surface area contributed by atoms with Gasteiger partial charge < -0.3 is 9.47 Å². The van der Waals surface area contributed by atoms with Crippen molar-refractivity contribution in [1.82, 2.24) is 10.9 Å². The maximum Gasteiger partial charge on any atom is 0.276 e. The summed E-state index contributed by atoms with van der Waals surface area (Å²) in [5.41, 5.74) is 5.67. The van der Waals surface area contributed by atoms with Gasteiger partial charge in [0, 0.05) is 0 Å². The van der Waals surface area contributed by atoms with Crippen LogP contribution in [0.4, 0.5) is 0 Å². The fourth-order valence-corrected chi connectivity index (χ4v) is 2.85. The number of ether oxygens (including phenoxy) is 2. The molecule has 3 rings (SSSR count). The van der Waals surface area contributed by atoms with Crippen molar-refractivity contribution in [3.05, 3.63) is 72.3 Å². The van der Waals surface area contributed by atoms with Gasteiger partial charge in [-0.25, -0.2) is 0 Å². The maximum absolute atomic E-state index is 11.9. The molecule has 2 amide bonds.